The van der Waals surface area contributed by atoms with Crippen molar-refractivity contribution in [2.24, 2.45) is 0 Å². The number of aliphatic hydroxyl groups is 1. The summed E-state index contributed by atoms with van der Waals surface area (Å²) in [5.74, 6) is 0.440. The van der Waals surface area contributed by atoms with Gasteiger partial charge in [0.25, 0.3) is 0 Å². The van der Waals surface area contributed by atoms with Crippen molar-refractivity contribution >= 4 is 5.82 Å². The van der Waals surface area contributed by atoms with E-state index < -0.39 is 0 Å². The molecular weight excluding hydrogens is 180 g/mol. The van der Waals surface area contributed by atoms with Crippen molar-refractivity contribution in [3.8, 4) is 0 Å². The highest BCUT2D eigenvalue weighted by Crippen LogP contribution is 2.11. The summed E-state index contributed by atoms with van der Waals surface area (Å²) < 4.78 is 0. The lowest BCUT2D eigenvalue weighted by Gasteiger charge is -2.13. The van der Waals surface area contributed by atoms with Crippen LogP contribution in [0.1, 0.15) is 12.1 Å². The fourth-order valence-electron chi connectivity index (χ4n) is 1.63. The van der Waals surface area contributed by atoms with Gasteiger partial charge in [0.15, 0.2) is 0 Å². The monoisotopic (exact) mass is 194 g/mol. The van der Waals surface area contributed by atoms with Crippen LogP contribution in [-0.2, 0) is 6.54 Å². The van der Waals surface area contributed by atoms with Gasteiger partial charge in [-0.15, -0.1) is 0 Å². The molecule has 2 heterocycles. The van der Waals surface area contributed by atoms with E-state index in [0.717, 1.165) is 31.7 Å². The van der Waals surface area contributed by atoms with Crippen molar-refractivity contribution in [2.75, 3.05) is 18.8 Å². The lowest BCUT2D eigenvalue weighted by Crippen LogP contribution is -2.22. The van der Waals surface area contributed by atoms with E-state index in [0.29, 0.717) is 5.82 Å². The molecule has 1 aromatic heterocycles. The largest absolute Gasteiger partial charge is 0.392 e. The van der Waals surface area contributed by atoms with Gasteiger partial charge in [-0.1, -0.05) is 0 Å². The fraction of sp³-hybridized carbons (Fsp3) is 0.556. The summed E-state index contributed by atoms with van der Waals surface area (Å²) in [6, 6.07) is 0. The molecule has 1 atom stereocenters. The number of hydrogen-bond acceptors (Lipinski definition) is 5. The number of β-amino-alcohol motifs (C(OH)–C–C–N with tert-alkyl or cyclic N) is 1. The summed E-state index contributed by atoms with van der Waals surface area (Å²) in [4.78, 5) is 10.3. The highest BCUT2D eigenvalue weighted by atomic mass is 16.3. The van der Waals surface area contributed by atoms with Crippen LogP contribution in [0.3, 0.4) is 0 Å². The summed E-state index contributed by atoms with van der Waals surface area (Å²) in [5.41, 5.74) is 6.33. The van der Waals surface area contributed by atoms with E-state index in [1.807, 2.05) is 0 Å². The molecule has 14 heavy (non-hydrogen) atoms. The Kier molecular flexibility index (Phi) is 2.60. The molecule has 1 saturated heterocycles. The lowest BCUT2D eigenvalue weighted by molar-refractivity contribution is 0.174. The Hall–Kier alpha value is -1.20. The first-order chi connectivity index (χ1) is 6.74. The van der Waals surface area contributed by atoms with E-state index in [2.05, 4.69) is 14.9 Å². The Labute approximate surface area is 82.6 Å². The second kappa shape index (κ2) is 3.89. The van der Waals surface area contributed by atoms with Gasteiger partial charge >= 0.3 is 0 Å². The molecule has 0 spiro atoms. The van der Waals surface area contributed by atoms with E-state index in [4.69, 9.17) is 5.73 Å². The molecule has 1 aromatic rings. The quantitative estimate of drug-likeness (QED) is 0.671. The summed E-state index contributed by atoms with van der Waals surface area (Å²) in [7, 11) is 0. The average Bonchev–Trinajstić information content (AvgIpc) is 2.56. The summed E-state index contributed by atoms with van der Waals surface area (Å²) in [5, 5.41) is 9.32. The van der Waals surface area contributed by atoms with Gasteiger partial charge in [-0.2, -0.15) is 0 Å². The first-order valence-electron chi connectivity index (χ1n) is 4.71. The molecule has 0 bridgehead atoms. The number of nitrogens with zero attached hydrogens (tertiary/aromatic N) is 3. The van der Waals surface area contributed by atoms with Crippen LogP contribution in [0, 0.1) is 0 Å². The van der Waals surface area contributed by atoms with E-state index >= 15 is 0 Å². The first kappa shape index (κ1) is 9.36. The number of aromatic nitrogens is 2. The molecular formula is C9H14N4O. The van der Waals surface area contributed by atoms with Crippen LogP contribution in [0.4, 0.5) is 5.82 Å². The highest BCUT2D eigenvalue weighted by Gasteiger charge is 2.20. The molecule has 0 radical (unpaired) electrons. The molecule has 5 heteroatoms. The maximum Gasteiger partial charge on any atom is 0.141 e. The highest BCUT2D eigenvalue weighted by molar-refractivity contribution is 5.22. The van der Waals surface area contributed by atoms with Crippen LogP contribution in [0.25, 0.3) is 0 Å². The molecule has 1 unspecified atom stereocenters. The Morgan fingerprint density at radius 3 is 2.93 bits per heavy atom. The minimum Gasteiger partial charge on any atom is -0.392 e. The summed E-state index contributed by atoms with van der Waals surface area (Å²) >= 11 is 0. The maximum absolute atomic E-state index is 9.32. The van der Waals surface area contributed by atoms with E-state index in [9.17, 15) is 5.11 Å². The Balaban J connectivity index is 1.94. The van der Waals surface area contributed by atoms with Crippen LogP contribution in [-0.4, -0.2) is 39.2 Å². The zero-order chi connectivity index (χ0) is 9.97. The number of nitrogen functional groups attached to an aromatic ring is 1. The average molecular weight is 194 g/mol. The molecule has 5 nitrogen and oxygen atoms in total. The summed E-state index contributed by atoms with van der Waals surface area (Å²) in [6.45, 7) is 2.39. The number of hydrogen-bond donors (Lipinski definition) is 2. The van der Waals surface area contributed by atoms with Crippen molar-refractivity contribution in [2.45, 2.75) is 19.1 Å². The third kappa shape index (κ3) is 2.18. The van der Waals surface area contributed by atoms with Gasteiger partial charge in [-0.25, -0.2) is 4.98 Å². The van der Waals surface area contributed by atoms with Gasteiger partial charge in [-0.3, -0.25) is 9.88 Å². The van der Waals surface area contributed by atoms with Crippen molar-refractivity contribution < 1.29 is 5.11 Å². The maximum atomic E-state index is 9.32. The third-order valence-corrected chi connectivity index (χ3v) is 2.36. The zero-order valence-corrected chi connectivity index (χ0v) is 7.93. The lowest BCUT2D eigenvalue weighted by atomic mass is 10.3. The van der Waals surface area contributed by atoms with E-state index in [-0.39, 0.29) is 6.10 Å². The number of nitrogens with two attached hydrogens (primary N) is 1. The number of rotatable bonds is 2. The summed E-state index contributed by atoms with van der Waals surface area (Å²) in [6.07, 6.45) is 3.90. The SMILES string of the molecule is Nc1cnc(CN2CCC(O)C2)cn1. The smallest absolute Gasteiger partial charge is 0.141 e. The molecule has 3 N–H and O–H groups in total. The van der Waals surface area contributed by atoms with Crippen molar-refractivity contribution in [3.05, 3.63) is 18.1 Å². The van der Waals surface area contributed by atoms with Crippen LogP contribution < -0.4 is 5.73 Å². The fourth-order valence-corrected chi connectivity index (χ4v) is 1.63. The van der Waals surface area contributed by atoms with Gasteiger partial charge in [0.05, 0.1) is 24.2 Å². The van der Waals surface area contributed by atoms with Crippen molar-refractivity contribution in [3.63, 3.8) is 0 Å². The van der Waals surface area contributed by atoms with Crippen molar-refractivity contribution in [1.29, 1.82) is 0 Å². The Morgan fingerprint density at radius 2 is 2.36 bits per heavy atom. The third-order valence-electron chi connectivity index (χ3n) is 2.36. The van der Waals surface area contributed by atoms with Crippen LogP contribution >= 0.6 is 0 Å². The molecule has 76 valence electrons. The van der Waals surface area contributed by atoms with Gasteiger partial charge < -0.3 is 10.8 Å². The minimum atomic E-state index is -0.184. The molecule has 1 aliphatic heterocycles. The Morgan fingerprint density at radius 1 is 1.50 bits per heavy atom. The number of likely N-dealkylation sites (tertiary alicyclic amines) is 1. The first-order valence-corrected chi connectivity index (χ1v) is 4.71. The van der Waals surface area contributed by atoms with Crippen molar-refractivity contribution in [1.82, 2.24) is 14.9 Å². The molecule has 1 fully saturated rings. The molecule has 0 aromatic carbocycles. The predicted octanol–water partition coefficient (Wildman–Crippen LogP) is -0.375. The van der Waals surface area contributed by atoms with Crippen LogP contribution in [0.5, 0.6) is 0 Å². The second-order valence-electron chi connectivity index (χ2n) is 3.61. The Bertz CT molecular complexity index is 300. The normalized spacial score (nSPS) is 22.8. The van der Waals surface area contributed by atoms with Gasteiger partial charge in [0.2, 0.25) is 0 Å². The standard InChI is InChI=1S/C9H14N4O/c10-9-4-11-7(3-12-9)5-13-2-1-8(14)6-13/h3-4,8,14H,1-2,5-6H2,(H2,10,12). The molecule has 0 saturated carbocycles. The number of anilines is 1. The molecule has 0 aliphatic carbocycles. The molecule has 0 amide bonds. The second-order valence-corrected chi connectivity index (χ2v) is 3.61. The molecule has 2 rings (SSSR count). The molecule has 1 aliphatic rings. The predicted molar refractivity (Wildman–Crippen MR) is 52.3 cm³/mol. The van der Waals surface area contributed by atoms with E-state index in [1.165, 1.54) is 0 Å². The van der Waals surface area contributed by atoms with E-state index in [1.54, 1.807) is 12.4 Å². The van der Waals surface area contributed by atoms with Gasteiger partial charge in [-0.05, 0) is 6.42 Å². The number of aliphatic hydroxyl groups excluding tert-OH is 1. The van der Waals surface area contributed by atoms with Crippen LogP contribution in [0.2, 0.25) is 0 Å². The minimum absolute atomic E-state index is 0.184. The topological polar surface area (TPSA) is 75.3 Å². The zero-order valence-electron chi connectivity index (χ0n) is 7.93. The van der Waals surface area contributed by atoms with Crippen LogP contribution in [0.15, 0.2) is 12.4 Å². The van der Waals surface area contributed by atoms with Gasteiger partial charge in [0.1, 0.15) is 5.82 Å². The van der Waals surface area contributed by atoms with Gasteiger partial charge in [0, 0.05) is 19.6 Å².